The number of aryl methyl sites for hydroxylation is 2. The van der Waals surface area contributed by atoms with Gasteiger partial charge in [0, 0.05) is 24.9 Å². The van der Waals surface area contributed by atoms with Crippen LogP contribution in [0.4, 0.5) is 0 Å². The van der Waals surface area contributed by atoms with Crippen LogP contribution < -0.4 is 0 Å². The van der Waals surface area contributed by atoms with Gasteiger partial charge in [-0.15, -0.1) is 0 Å². The van der Waals surface area contributed by atoms with Crippen LogP contribution in [0.15, 0.2) is 4.90 Å². The molecular weight excluding hydrogens is 344 g/mol. The summed E-state index contributed by atoms with van der Waals surface area (Å²) in [5, 5.41) is 6.92. The number of likely N-dealkylation sites (tertiary alicyclic amines) is 1. The number of nitrogens with one attached hydrogen (secondary N) is 1. The topological polar surface area (TPSA) is 69.3 Å². The average molecular weight is 373 g/mol. The summed E-state index contributed by atoms with van der Waals surface area (Å²) in [6, 6.07) is 0.0503. The number of nitrogens with zero attached hydrogens (tertiary/aromatic N) is 3. The summed E-state index contributed by atoms with van der Waals surface area (Å²) in [5.74, 6) is 1.91. The van der Waals surface area contributed by atoms with E-state index in [0.29, 0.717) is 22.8 Å². The average Bonchev–Trinajstić information content (AvgIpc) is 2.75. The van der Waals surface area contributed by atoms with Crippen LogP contribution in [0.3, 0.4) is 0 Å². The molecule has 2 aliphatic heterocycles. The fraction of sp³-hybridized carbons (Fsp3) is 0.812. The first-order valence-electron chi connectivity index (χ1n) is 8.83. The molecule has 1 atom stereocenters. The third-order valence-electron chi connectivity index (χ3n) is 4.93. The number of aromatic nitrogens is 2. The van der Waals surface area contributed by atoms with Crippen molar-refractivity contribution < 1.29 is 8.42 Å². The van der Waals surface area contributed by atoms with Crippen LogP contribution >= 0.6 is 11.8 Å². The molecule has 3 heterocycles. The highest BCUT2D eigenvalue weighted by molar-refractivity contribution is 7.99. The Morgan fingerprint density at radius 1 is 1.17 bits per heavy atom. The number of hydrogen-bond donors (Lipinski definition) is 1. The number of rotatable bonds is 4. The molecule has 0 aromatic carbocycles. The van der Waals surface area contributed by atoms with Crippen LogP contribution in [0.2, 0.25) is 0 Å². The molecule has 136 valence electrons. The molecule has 0 radical (unpaired) electrons. The van der Waals surface area contributed by atoms with Gasteiger partial charge in [-0.05, 0) is 52.0 Å². The first-order chi connectivity index (χ1) is 11.5. The Bertz CT molecular complexity index is 634. The van der Waals surface area contributed by atoms with E-state index in [1.165, 1.54) is 19.3 Å². The van der Waals surface area contributed by atoms with Gasteiger partial charge in [0.2, 0.25) is 10.0 Å². The van der Waals surface area contributed by atoms with Gasteiger partial charge in [0.1, 0.15) is 4.90 Å². The molecule has 0 saturated carbocycles. The fourth-order valence-electron chi connectivity index (χ4n) is 3.75. The Hall–Kier alpha value is -0.570. The van der Waals surface area contributed by atoms with Gasteiger partial charge < -0.3 is 4.90 Å². The summed E-state index contributed by atoms with van der Waals surface area (Å²) in [6.07, 6.45) is 4.67. The molecule has 2 fully saturated rings. The molecule has 2 saturated heterocycles. The largest absolute Gasteiger partial charge is 0.302 e. The van der Waals surface area contributed by atoms with E-state index in [-0.39, 0.29) is 6.04 Å². The van der Waals surface area contributed by atoms with Crippen molar-refractivity contribution in [1.82, 2.24) is 19.4 Å². The van der Waals surface area contributed by atoms with Gasteiger partial charge in [-0.2, -0.15) is 21.2 Å². The smallest absolute Gasteiger partial charge is 0.247 e. The second-order valence-electron chi connectivity index (χ2n) is 6.82. The lowest BCUT2D eigenvalue weighted by Gasteiger charge is -2.35. The quantitative estimate of drug-likeness (QED) is 0.875. The molecule has 6 nitrogen and oxygen atoms in total. The van der Waals surface area contributed by atoms with E-state index in [4.69, 9.17) is 0 Å². The lowest BCUT2D eigenvalue weighted by Crippen LogP contribution is -2.49. The Morgan fingerprint density at radius 3 is 2.58 bits per heavy atom. The molecule has 1 N–H and O–H groups in total. The van der Waals surface area contributed by atoms with Gasteiger partial charge in [-0.25, -0.2) is 8.42 Å². The number of hydrogen-bond acceptors (Lipinski definition) is 5. The van der Waals surface area contributed by atoms with Gasteiger partial charge in [-0.1, -0.05) is 6.42 Å². The molecule has 1 unspecified atom stereocenters. The molecule has 3 rings (SSSR count). The zero-order valence-electron chi connectivity index (χ0n) is 14.6. The molecule has 2 aliphatic rings. The van der Waals surface area contributed by atoms with Crippen LogP contribution in [-0.4, -0.2) is 71.5 Å². The Labute approximate surface area is 149 Å². The highest BCUT2D eigenvalue weighted by Gasteiger charge is 2.36. The molecule has 1 aromatic heterocycles. The number of aromatic amines is 1. The van der Waals surface area contributed by atoms with Crippen molar-refractivity contribution in [2.24, 2.45) is 0 Å². The molecule has 24 heavy (non-hydrogen) atoms. The highest BCUT2D eigenvalue weighted by Crippen LogP contribution is 2.28. The number of thioether (sulfide) groups is 1. The Morgan fingerprint density at radius 2 is 1.92 bits per heavy atom. The van der Waals surface area contributed by atoms with Crippen LogP contribution in [0.25, 0.3) is 0 Å². The molecule has 0 amide bonds. The van der Waals surface area contributed by atoms with E-state index >= 15 is 0 Å². The maximum absolute atomic E-state index is 13.3. The zero-order valence-corrected chi connectivity index (χ0v) is 16.3. The number of piperidine rings is 1. The van der Waals surface area contributed by atoms with Crippen LogP contribution in [0.1, 0.15) is 37.1 Å². The predicted molar refractivity (Wildman–Crippen MR) is 98.0 cm³/mol. The Balaban J connectivity index is 1.86. The van der Waals surface area contributed by atoms with Crippen molar-refractivity contribution in [3.05, 3.63) is 11.4 Å². The molecule has 0 spiro atoms. The monoisotopic (exact) mass is 372 g/mol. The van der Waals surface area contributed by atoms with E-state index in [0.717, 1.165) is 37.6 Å². The van der Waals surface area contributed by atoms with E-state index in [1.807, 2.05) is 11.8 Å². The van der Waals surface area contributed by atoms with Crippen LogP contribution in [-0.2, 0) is 10.0 Å². The standard InChI is InChI=1S/C16H28N4O2S2/c1-13-16(14(2)18-17-13)24(21,22)20-9-6-10-23-12-15(20)11-19-7-4-3-5-8-19/h15H,3-12H2,1-2H3,(H,17,18). The van der Waals surface area contributed by atoms with Crippen molar-refractivity contribution >= 4 is 21.8 Å². The second kappa shape index (κ2) is 7.76. The normalized spacial score (nSPS) is 24.8. The fourth-order valence-corrected chi connectivity index (χ4v) is 6.89. The van der Waals surface area contributed by atoms with Gasteiger partial charge in [-0.3, -0.25) is 5.10 Å². The summed E-state index contributed by atoms with van der Waals surface area (Å²) in [6.45, 7) is 7.21. The minimum atomic E-state index is -3.50. The summed E-state index contributed by atoms with van der Waals surface area (Å²) in [5.41, 5.74) is 1.21. The molecule has 0 bridgehead atoms. The molecule has 1 aromatic rings. The van der Waals surface area contributed by atoms with Crippen LogP contribution in [0, 0.1) is 13.8 Å². The summed E-state index contributed by atoms with van der Waals surface area (Å²) in [4.78, 5) is 2.82. The summed E-state index contributed by atoms with van der Waals surface area (Å²) < 4.78 is 28.4. The second-order valence-corrected chi connectivity index (χ2v) is 9.80. The van der Waals surface area contributed by atoms with E-state index in [1.54, 1.807) is 18.2 Å². The van der Waals surface area contributed by atoms with E-state index < -0.39 is 10.0 Å². The maximum Gasteiger partial charge on any atom is 0.247 e. The lowest BCUT2D eigenvalue weighted by atomic mass is 10.1. The SMILES string of the molecule is Cc1n[nH]c(C)c1S(=O)(=O)N1CCCSCC1CN1CCCCC1. The minimum absolute atomic E-state index is 0.0503. The summed E-state index contributed by atoms with van der Waals surface area (Å²) >= 11 is 1.88. The number of sulfonamides is 1. The molecule has 0 aliphatic carbocycles. The first kappa shape index (κ1) is 18.2. The van der Waals surface area contributed by atoms with Gasteiger partial charge in [0.05, 0.1) is 11.4 Å². The van der Waals surface area contributed by atoms with E-state index in [2.05, 4.69) is 15.1 Å². The van der Waals surface area contributed by atoms with E-state index in [9.17, 15) is 8.42 Å². The first-order valence-corrected chi connectivity index (χ1v) is 11.4. The zero-order chi connectivity index (χ0) is 17.2. The third kappa shape index (κ3) is 3.81. The van der Waals surface area contributed by atoms with Crippen molar-refractivity contribution in [3.63, 3.8) is 0 Å². The van der Waals surface area contributed by atoms with Gasteiger partial charge in [0.15, 0.2) is 0 Å². The predicted octanol–water partition coefficient (Wildman–Crippen LogP) is 2.01. The van der Waals surface area contributed by atoms with Crippen LogP contribution in [0.5, 0.6) is 0 Å². The maximum atomic E-state index is 13.3. The van der Waals surface area contributed by atoms with Gasteiger partial charge >= 0.3 is 0 Å². The van der Waals surface area contributed by atoms with Crippen molar-refractivity contribution in [2.45, 2.75) is 50.5 Å². The number of H-pyrrole nitrogens is 1. The Kier molecular flexibility index (Phi) is 5.89. The van der Waals surface area contributed by atoms with Crippen molar-refractivity contribution in [3.8, 4) is 0 Å². The highest BCUT2D eigenvalue weighted by atomic mass is 32.2. The van der Waals surface area contributed by atoms with Crippen molar-refractivity contribution in [2.75, 3.05) is 37.7 Å². The molecular formula is C16H28N4O2S2. The summed E-state index contributed by atoms with van der Waals surface area (Å²) in [7, 11) is -3.50. The van der Waals surface area contributed by atoms with Crippen molar-refractivity contribution in [1.29, 1.82) is 0 Å². The van der Waals surface area contributed by atoms with Gasteiger partial charge in [0.25, 0.3) is 0 Å². The lowest BCUT2D eigenvalue weighted by molar-refractivity contribution is 0.183. The third-order valence-corrected chi connectivity index (χ3v) is 8.34. The minimum Gasteiger partial charge on any atom is -0.302 e. The molecule has 8 heteroatoms.